The van der Waals surface area contributed by atoms with Crippen LogP contribution >= 0.6 is 11.3 Å². The van der Waals surface area contributed by atoms with E-state index >= 15 is 0 Å². The second kappa shape index (κ2) is 11.5. The van der Waals surface area contributed by atoms with Crippen LogP contribution in [-0.4, -0.2) is 14.5 Å². The summed E-state index contributed by atoms with van der Waals surface area (Å²) in [7, 11) is 0. The van der Waals surface area contributed by atoms with Gasteiger partial charge in [-0.2, -0.15) is 15.8 Å². The van der Waals surface area contributed by atoms with Crippen LogP contribution in [0.4, 0.5) is 0 Å². The van der Waals surface area contributed by atoms with Gasteiger partial charge in [0, 0.05) is 47.6 Å². The lowest BCUT2D eigenvalue weighted by atomic mass is 9.96. The number of benzene rings is 6. The molecule has 0 bridgehead atoms. The topological polar surface area (TPSA) is 102 Å². The van der Waals surface area contributed by atoms with Crippen molar-refractivity contribution in [3.05, 3.63) is 150 Å². The van der Waals surface area contributed by atoms with Gasteiger partial charge in [-0.05, 0) is 30.3 Å². The lowest BCUT2D eigenvalue weighted by Crippen LogP contribution is -2.04. The van der Waals surface area contributed by atoms with E-state index in [0.717, 1.165) is 37.6 Å². The van der Waals surface area contributed by atoms with Gasteiger partial charge in [-0.15, -0.1) is 11.3 Å². The fourth-order valence-electron chi connectivity index (χ4n) is 6.96. The molecule has 6 aromatic carbocycles. The predicted octanol–water partition coefficient (Wildman–Crippen LogP) is 10.6. The maximum atomic E-state index is 10.7. The molecule has 0 aliphatic heterocycles. The van der Waals surface area contributed by atoms with Gasteiger partial charge in [0.15, 0.2) is 5.82 Å². The minimum absolute atomic E-state index is 0.264. The predicted molar refractivity (Wildman–Crippen MR) is 200 cm³/mol. The molecule has 0 radical (unpaired) electrons. The second-order valence-electron chi connectivity index (χ2n) is 11.9. The van der Waals surface area contributed by atoms with Crippen LogP contribution in [-0.2, 0) is 0 Å². The molecule has 3 heterocycles. The molecule has 0 saturated heterocycles. The van der Waals surface area contributed by atoms with Gasteiger partial charge in [0.05, 0.1) is 39.2 Å². The van der Waals surface area contributed by atoms with Crippen molar-refractivity contribution >= 4 is 53.3 Å². The zero-order chi connectivity index (χ0) is 33.8. The van der Waals surface area contributed by atoms with E-state index in [4.69, 9.17) is 9.97 Å². The summed E-state index contributed by atoms with van der Waals surface area (Å²) in [5.74, 6) is 0.439. The van der Waals surface area contributed by atoms with E-state index in [0.29, 0.717) is 39.6 Å². The maximum Gasteiger partial charge on any atom is 0.160 e. The Balaban J connectivity index is 1.34. The minimum atomic E-state index is 0.264. The van der Waals surface area contributed by atoms with Crippen molar-refractivity contribution in [2.45, 2.75) is 0 Å². The molecule has 0 aliphatic rings. The van der Waals surface area contributed by atoms with Gasteiger partial charge in [-0.1, -0.05) is 103 Å². The molecule has 7 heteroatoms. The fourth-order valence-corrected chi connectivity index (χ4v) is 8.21. The van der Waals surface area contributed by atoms with Crippen molar-refractivity contribution in [3.8, 4) is 57.8 Å². The lowest BCUT2D eigenvalue weighted by molar-refractivity contribution is 1.15. The number of hydrogen-bond donors (Lipinski definition) is 0. The largest absolute Gasteiger partial charge is 0.307 e. The molecule has 0 fully saturated rings. The van der Waals surface area contributed by atoms with Gasteiger partial charge in [0.25, 0.3) is 0 Å². The van der Waals surface area contributed by atoms with E-state index < -0.39 is 0 Å². The standard InChI is InChI=1S/C43H22N6S/c44-23-29-21-28(40-34(25-46)39(26-11-3-1-4-12-26)47-43(48-40)27-13-5-2-6-14-27)22-30(24-45)41(29)49-35-17-9-7-16-33(35)38-36(49)20-19-32-31-15-8-10-18-37(31)50-42(32)38/h1-22H. The molecule has 9 rings (SSSR count). The summed E-state index contributed by atoms with van der Waals surface area (Å²) >= 11 is 1.75. The van der Waals surface area contributed by atoms with Crippen molar-refractivity contribution in [2.75, 3.05) is 0 Å². The number of aromatic nitrogens is 3. The number of hydrogen-bond acceptors (Lipinski definition) is 6. The van der Waals surface area contributed by atoms with Crippen LogP contribution in [0.5, 0.6) is 0 Å². The van der Waals surface area contributed by atoms with Crippen LogP contribution in [0.3, 0.4) is 0 Å². The van der Waals surface area contributed by atoms with Crippen molar-refractivity contribution in [2.24, 2.45) is 0 Å². The van der Waals surface area contributed by atoms with Crippen LogP contribution < -0.4 is 0 Å². The normalized spacial score (nSPS) is 11.1. The highest BCUT2D eigenvalue weighted by atomic mass is 32.1. The molecule has 0 spiro atoms. The van der Waals surface area contributed by atoms with Crippen LogP contribution in [0.2, 0.25) is 0 Å². The van der Waals surface area contributed by atoms with Gasteiger partial charge in [0.2, 0.25) is 0 Å². The number of nitrogens with zero attached hydrogens (tertiary/aromatic N) is 6. The average Bonchev–Trinajstić information content (AvgIpc) is 3.73. The summed E-state index contributed by atoms with van der Waals surface area (Å²) in [6.45, 7) is 0. The summed E-state index contributed by atoms with van der Waals surface area (Å²) in [5.41, 5.74) is 6.02. The van der Waals surface area contributed by atoms with E-state index in [1.165, 1.54) is 15.5 Å². The van der Waals surface area contributed by atoms with E-state index in [9.17, 15) is 15.8 Å². The fraction of sp³-hybridized carbons (Fsp3) is 0. The highest BCUT2D eigenvalue weighted by molar-refractivity contribution is 7.26. The van der Waals surface area contributed by atoms with Crippen LogP contribution in [0.25, 0.3) is 81.6 Å². The Hall–Kier alpha value is -7.11. The van der Waals surface area contributed by atoms with Gasteiger partial charge in [0.1, 0.15) is 23.8 Å². The van der Waals surface area contributed by atoms with Gasteiger partial charge < -0.3 is 4.57 Å². The second-order valence-corrected chi connectivity index (χ2v) is 12.9. The zero-order valence-corrected chi connectivity index (χ0v) is 27.1. The SMILES string of the molecule is N#Cc1cc(-c2nc(-c3ccccc3)nc(-c3ccccc3)c2C#N)cc(C#N)c1-n1c2ccccc2c2c3sc4ccccc4c3ccc21. The number of fused-ring (bicyclic) bond motifs is 7. The molecule has 0 saturated carbocycles. The quantitative estimate of drug-likeness (QED) is 0.188. The minimum Gasteiger partial charge on any atom is -0.307 e. The van der Waals surface area contributed by atoms with Crippen molar-refractivity contribution < 1.29 is 0 Å². The van der Waals surface area contributed by atoms with E-state index in [1.54, 1.807) is 23.5 Å². The summed E-state index contributed by atoms with van der Waals surface area (Å²) in [6, 6.07) is 50.4. The first-order valence-corrected chi connectivity index (χ1v) is 16.8. The zero-order valence-electron chi connectivity index (χ0n) is 26.3. The third kappa shape index (κ3) is 4.38. The lowest BCUT2D eigenvalue weighted by Gasteiger charge is -2.16. The van der Waals surface area contributed by atoms with Crippen molar-refractivity contribution in [3.63, 3.8) is 0 Å². The Bertz CT molecular complexity index is 2920. The Morgan fingerprint density at radius 1 is 0.520 bits per heavy atom. The Morgan fingerprint density at radius 2 is 1.12 bits per heavy atom. The third-order valence-corrected chi connectivity index (χ3v) is 10.3. The maximum absolute atomic E-state index is 10.7. The van der Waals surface area contributed by atoms with E-state index in [-0.39, 0.29) is 5.56 Å². The van der Waals surface area contributed by atoms with Crippen molar-refractivity contribution in [1.82, 2.24) is 14.5 Å². The van der Waals surface area contributed by atoms with Crippen LogP contribution in [0.1, 0.15) is 16.7 Å². The summed E-state index contributed by atoms with van der Waals surface area (Å²) in [5, 5.41) is 36.5. The molecule has 230 valence electrons. The Kier molecular flexibility index (Phi) is 6.71. The van der Waals surface area contributed by atoms with E-state index in [1.807, 2.05) is 83.4 Å². The summed E-state index contributed by atoms with van der Waals surface area (Å²) in [4.78, 5) is 9.77. The summed E-state index contributed by atoms with van der Waals surface area (Å²) in [6.07, 6.45) is 0. The highest BCUT2D eigenvalue weighted by Gasteiger charge is 2.24. The first-order chi connectivity index (χ1) is 24.7. The first kappa shape index (κ1) is 29.1. The Labute approximate surface area is 290 Å². The molecule has 0 aliphatic carbocycles. The third-order valence-electron chi connectivity index (χ3n) is 9.13. The monoisotopic (exact) mass is 654 g/mol. The number of nitriles is 3. The Morgan fingerprint density at radius 3 is 1.80 bits per heavy atom. The molecule has 0 amide bonds. The molecule has 9 aromatic rings. The molecule has 0 N–H and O–H groups in total. The number of rotatable bonds is 4. The summed E-state index contributed by atoms with van der Waals surface area (Å²) < 4.78 is 4.40. The smallest absolute Gasteiger partial charge is 0.160 e. The molecule has 50 heavy (non-hydrogen) atoms. The molecule has 3 aromatic heterocycles. The average molecular weight is 655 g/mol. The molecule has 0 unspecified atom stereocenters. The van der Waals surface area contributed by atoms with Crippen LogP contribution in [0, 0.1) is 34.0 Å². The molecule has 0 atom stereocenters. The van der Waals surface area contributed by atoms with E-state index in [2.05, 4.69) is 60.7 Å². The van der Waals surface area contributed by atoms with Gasteiger partial charge >= 0.3 is 0 Å². The molecular formula is C43H22N6S. The highest BCUT2D eigenvalue weighted by Crippen LogP contribution is 2.44. The molecule has 6 nitrogen and oxygen atoms in total. The molecular weight excluding hydrogens is 633 g/mol. The van der Waals surface area contributed by atoms with Gasteiger partial charge in [-0.3, -0.25) is 0 Å². The van der Waals surface area contributed by atoms with Crippen LogP contribution in [0.15, 0.2) is 133 Å². The van der Waals surface area contributed by atoms with Crippen molar-refractivity contribution in [1.29, 1.82) is 15.8 Å². The first-order valence-electron chi connectivity index (χ1n) is 15.9. The van der Waals surface area contributed by atoms with Gasteiger partial charge in [-0.25, -0.2) is 9.97 Å². The number of thiophene rings is 1. The number of para-hydroxylation sites is 1.